The lowest BCUT2D eigenvalue weighted by molar-refractivity contribution is -0.387. The van der Waals surface area contributed by atoms with Gasteiger partial charge in [-0.1, -0.05) is 12.1 Å². The molecule has 0 unspecified atom stereocenters. The van der Waals surface area contributed by atoms with E-state index in [0.717, 1.165) is 19.4 Å². The van der Waals surface area contributed by atoms with E-state index < -0.39 is 20.6 Å². The first-order chi connectivity index (χ1) is 9.42. The predicted octanol–water partition coefficient (Wildman–Crippen LogP) is 1.01. The minimum atomic E-state index is -3.90. The number of nitro groups is 1. The van der Waals surface area contributed by atoms with Crippen LogP contribution in [0.2, 0.25) is 0 Å². The SMILES string of the molecule is C[C@H](NS(=O)(=O)c1ccccc1[N+](=O)[O-])[C@@H]1CCCN1. The Labute approximate surface area is 117 Å². The first-order valence-electron chi connectivity index (χ1n) is 6.41. The van der Waals surface area contributed by atoms with Crippen LogP contribution in [-0.4, -0.2) is 32.0 Å². The fourth-order valence-corrected chi connectivity index (χ4v) is 3.82. The van der Waals surface area contributed by atoms with Gasteiger partial charge in [0, 0.05) is 18.2 Å². The second-order valence-electron chi connectivity index (χ2n) is 4.84. The number of nitrogens with zero attached hydrogens (tertiary/aromatic N) is 1. The Morgan fingerprint density at radius 1 is 1.45 bits per heavy atom. The average molecular weight is 299 g/mol. The van der Waals surface area contributed by atoms with Crippen LogP contribution in [0.3, 0.4) is 0 Å². The van der Waals surface area contributed by atoms with Crippen LogP contribution in [0.15, 0.2) is 29.2 Å². The summed E-state index contributed by atoms with van der Waals surface area (Å²) in [5.41, 5.74) is -0.411. The Morgan fingerprint density at radius 2 is 2.15 bits per heavy atom. The van der Waals surface area contributed by atoms with Crippen LogP contribution in [0.5, 0.6) is 0 Å². The molecule has 1 heterocycles. The van der Waals surface area contributed by atoms with Crippen molar-refractivity contribution < 1.29 is 13.3 Å². The third-order valence-corrected chi connectivity index (χ3v) is 5.00. The van der Waals surface area contributed by atoms with Crippen molar-refractivity contribution in [3.05, 3.63) is 34.4 Å². The quantitative estimate of drug-likeness (QED) is 0.624. The van der Waals surface area contributed by atoms with Crippen LogP contribution in [0.25, 0.3) is 0 Å². The summed E-state index contributed by atoms with van der Waals surface area (Å²) in [6.45, 7) is 2.62. The van der Waals surface area contributed by atoms with Crippen molar-refractivity contribution in [3.8, 4) is 0 Å². The van der Waals surface area contributed by atoms with Gasteiger partial charge in [0.1, 0.15) is 0 Å². The number of hydrogen-bond donors (Lipinski definition) is 2. The smallest absolute Gasteiger partial charge is 0.289 e. The van der Waals surface area contributed by atoms with E-state index in [-0.39, 0.29) is 17.0 Å². The summed E-state index contributed by atoms with van der Waals surface area (Å²) < 4.78 is 27.1. The second-order valence-corrected chi connectivity index (χ2v) is 6.52. The summed E-state index contributed by atoms with van der Waals surface area (Å²) >= 11 is 0. The number of para-hydroxylation sites is 1. The fraction of sp³-hybridized carbons (Fsp3) is 0.500. The molecule has 1 aliphatic heterocycles. The summed E-state index contributed by atoms with van der Waals surface area (Å²) in [5, 5.41) is 14.1. The molecule has 1 saturated heterocycles. The van der Waals surface area contributed by atoms with Gasteiger partial charge in [0.15, 0.2) is 4.90 Å². The number of sulfonamides is 1. The normalized spacial score (nSPS) is 20.8. The zero-order valence-electron chi connectivity index (χ0n) is 11.1. The molecule has 0 aromatic heterocycles. The van der Waals surface area contributed by atoms with Crippen molar-refractivity contribution in [1.29, 1.82) is 0 Å². The van der Waals surface area contributed by atoms with Gasteiger partial charge in [0.2, 0.25) is 10.0 Å². The van der Waals surface area contributed by atoms with Gasteiger partial charge >= 0.3 is 0 Å². The van der Waals surface area contributed by atoms with E-state index in [9.17, 15) is 18.5 Å². The van der Waals surface area contributed by atoms with Gasteiger partial charge in [0.25, 0.3) is 5.69 Å². The number of hydrogen-bond acceptors (Lipinski definition) is 5. The zero-order chi connectivity index (χ0) is 14.8. The summed E-state index contributed by atoms with van der Waals surface area (Å²) in [6.07, 6.45) is 1.89. The average Bonchev–Trinajstić information content (AvgIpc) is 2.92. The molecule has 110 valence electrons. The minimum Gasteiger partial charge on any atom is -0.312 e. The van der Waals surface area contributed by atoms with Gasteiger partial charge in [-0.2, -0.15) is 0 Å². The maximum atomic E-state index is 12.3. The summed E-state index contributed by atoms with van der Waals surface area (Å²) in [6, 6.07) is 5.09. The fourth-order valence-electron chi connectivity index (χ4n) is 2.36. The molecule has 1 aromatic carbocycles. The number of rotatable bonds is 5. The standard InChI is InChI=1S/C12H17N3O4S/c1-9(10-5-4-8-13-10)14-20(18,19)12-7-3-2-6-11(12)15(16)17/h2-3,6-7,9-10,13-14H,4-5,8H2,1H3/t9-,10-/m0/s1. The predicted molar refractivity (Wildman–Crippen MR) is 73.9 cm³/mol. The van der Waals surface area contributed by atoms with E-state index >= 15 is 0 Å². The van der Waals surface area contributed by atoms with E-state index in [0.29, 0.717) is 0 Å². The van der Waals surface area contributed by atoms with Gasteiger partial charge in [-0.25, -0.2) is 13.1 Å². The van der Waals surface area contributed by atoms with Crippen molar-refractivity contribution >= 4 is 15.7 Å². The molecular weight excluding hydrogens is 282 g/mol. The van der Waals surface area contributed by atoms with Crippen LogP contribution in [0, 0.1) is 10.1 Å². The summed E-state index contributed by atoms with van der Waals surface area (Å²) in [7, 11) is -3.90. The molecule has 1 aliphatic rings. The molecule has 0 amide bonds. The van der Waals surface area contributed by atoms with E-state index in [4.69, 9.17) is 0 Å². The Balaban J connectivity index is 2.24. The number of benzene rings is 1. The van der Waals surface area contributed by atoms with Crippen LogP contribution < -0.4 is 10.0 Å². The van der Waals surface area contributed by atoms with Gasteiger partial charge in [-0.3, -0.25) is 10.1 Å². The van der Waals surface area contributed by atoms with Crippen LogP contribution in [-0.2, 0) is 10.0 Å². The monoisotopic (exact) mass is 299 g/mol. The Morgan fingerprint density at radius 3 is 2.75 bits per heavy atom. The molecule has 0 bridgehead atoms. The molecule has 0 radical (unpaired) electrons. The molecule has 20 heavy (non-hydrogen) atoms. The van der Waals surface area contributed by atoms with E-state index in [1.54, 1.807) is 6.92 Å². The summed E-state index contributed by atoms with van der Waals surface area (Å²) in [4.78, 5) is 9.93. The molecule has 0 spiro atoms. The van der Waals surface area contributed by atoms with Gasteiger partial charge < -0.3 is 5.32 Å². The van der Waals surface area contributed by atoms with Gasteiger partial charge in [-0.15, -0.1) is 0 Å². The first-order valence-corrected chi connectivity index (χ1v) is 7.89. The van der Waals surface area contributed by atoms with Crippen molar-refractivity contribution in [2.24, 2.45) is 0 Å². The lowest BCUT2D eigenvalue weighted by Crippen LogP contribution is -2.45. The van der Waals surface area contributed by atoms with Crippen LogP contribution >= 0.6 is 0 Å². The number of nitro benzene ring substituents is 1. The Kier molecular flexibility index (Phi) is 4.36. The van der Waals surface area contributed by atoms with Crippen molar-refractivity contribution in [3.63, 3.8) is 0 Å². The maximum Gasteiger partial charge on any atom is 0.289 e. The molecule has 2 atom stereocenters. The molecule has 8 heteroatoms. The molecular formula is C12H17N3O4S. The largest absolute Gasteiger partial charge is 0.312 e. The van der Waals surface area contributed by atoms with Crippen molar-refractivity contribution in [2.45, 2.75) is 36.7 Å². The molecule has 2 N–H and O–H groups in total. The van der Waals surface area contributed by atoms with Gasteiger partial charge in [-0.05, 0) is 32.4 Å². The number of nitrogens with one attached hydrogen (secondary N) is 2. The topological polar surface area (TPSA) is 101 Å². The van der Waals surface area contributed by atoms with Crippen molar-refractivity contribution in [2.75, 3.05) is 6.54 Å². The first kappa shape index (κ1) is 14.9. The highest BCUT2D eigenvalue weighted by Gasteiger charge is 2.29. The van der Waals surface area contributed by atoms with E-state index in [1.807, 2.05) is 0 Å². The highest BCUT2D eigenvalue weighted by atomic mass is 32.2. The third-order valence-electron chi connectivity index (χ3n) is 3.39. The lowest BCUT2D eigenvalue weighted by Gasteiger charge is -2.20. The van der Waals surface area contributed by atoms with E-state index in [1.165, 1.54) is 24.3 Å². The highest BCUT2D eigenvalue weighted by Crippen LogP contribution is 2.23. The summed E-state index contributed by atoms with van der Waals surface area (Å²) in [5.74, 6) is 0. The lowest BCUT2D eigenvalue weighted by atomic mass is 10.1. The zero-order valence-corrected chi connectivity index (χ0v) is 11.9. The second kappa shape index (κ2) is 5.86. The van der Waals surface area contributed by atoms with Crippen LogP contribution in [0.4, 0.5) is 5.69 Å². The highest BCUT2D eigenvalue weighted by molar-refractivity contribution is 7.89. The van der Waals surface area contributed by atoms with E-state index in [2.05, 4.69) is 10.0 Å². The Bertz CT molecular complexity index is 596. The maximum absolute atomic E-state index is 12.3. The molecule has 1 fully saturated rings. The van der Waals surface area contributed by atoms with Gasteiger partial charge in [0.05, 0.1) is 4.92 Å². The molecule has 7 nitrogen and oxygen atoms in total. The molecule has 1 aromatic rings. The molecule has 0 saturated carbocycles. The van der Waals surface area contributed by atoms with Crippen molar-refractivity contribution in [1.82, 2.24) is 10.0 Å². The minimum absolute atomic E-state index is 0.0625. The third kappa shape index (κ3) is 3.14. The van der Waals surface area contributed by atoms with Crippen LogP contribution in [0.1, 0.15) is 19.8 Å². The molecule has 0 aliphatic carbocycles. The molecule has 2 rings (SSSR count). The Hall–Kier alpha value is -1.51.